The highest BCUT2D eigenvalue weighted by Gasteiger charge is 2.30. The minimum atomic E-state index is 0.332. The number of hydrogen-bond donors (Lipinski definition) is 1. The smallest absolute Gasteiger partial charge is 0.0674 e. The summed E-state index contributed by atoms with van der Waals surface area (Å²) in [6, 6.07) is 0.989. The fraction of sp³-hybridized carbons (Fsp3) is 1.00. The van der Waals surface area contributed by atoms with Crippen LogP contribution in [0.4, 0.5) is 0 Å². The zero-order chi connectivity index (χ0) is 13.4. The fourth-order valence-corrected chi connectivity index (χ4v) is 2.58. The summed E-state index contributed by atoms with van der Waals surface area (Å²) in [4.78, 5) is 2.57. The lowest BCUT2D eigenvalue weighted by Crippen LogP contribution is -2.57. The number of nitrogens with one attached hydrogen (secondary N) is 1. The third kappa shape index (κ3) is 4.84. The molecule has 108 valence electrons. The normalized spacial score (nSPS) is 27.3. The van der Waals surface area contributed by atoms with Gasteiger partial charge in [0.25, 0.3) is 0 Å². The molecule has 1 saturated heterocycles. The maximum atomic E-state index is 5.76. The lowest BCUT2D eigenvalue weighted by Gasteiger charge is -2.43. The molecule has 4 nitrogen and oxygen atoms in total. The molecular weight excluding hydrogens is 228 g/mol. The predicted octanol–water partition coefficient (Wildman–Crippen LogP) is 1.50. The number of hydrogen-bond acceptors (Lipinski definition) is 4. The van der Waals surface area contributed by atoms with E-state index in [0.29, 0.717) is 18.2 Å². The third-order valence-corrected chi connectivity index (χ3v) is 3.62. The van der Waals surface area contributed by atoms with Crippen LogP contribution in [0.25, 0.3) is 0 Å². The van der Waals surface area contributed by atoms with Crippen molar-refractivity contribution in [3.8, 4) is 0 Å². The first-order valence-electron chi connectivity index (χ1n) is 7.29. The molecule has 1 aliphatic rings. The van der Waals surface area contributed by atoms with Gasteiger partial charge in [-0.15, -0.1) is 0 Å². The Kier molecular flexibility index (Phi) is 7.82. The van der Waals surface area contributed by atoms with Crippen LogP contribution in [0, 0.1) is 0 Å². The van der Waals surface area contributed by atoms with E-state index < -0.39 is 0 Å². The van der Waals surface area contributed by atoms with Crippen LogP contribution in [0.15, 0.2) is 0 Å². The molecule has 0 aliphatic carbocycles. The Morgan fingerprint density at radius 2 is 2.22 bits per heavy atom. The highest BCUT2D eigenvalue weighted by molar-refractivity contribution is 4.84. The van der Waals surface area contributed by atoms with E-state index in [1.165, 1.54) is 6.42 Å². The number of ether oxygens (including phenoxy) is 2. The van der Waals surface area contributed by atoms with Gasteiger partial charge in [0.05, 0.1) is 19.3 Å². The largest absolute Gasteiger partial charge is 0.383 e. The first-order chi connectivity index (χ1) is 8.72. The molecule has 3 atom stereocenters. The predicted molar refractivity (Wildman–Crippen MR) is 75.0 cm³/mol. The summed E-state index contributed by atoms with van der Waals surface area (Å²) in [6.07, 6.45) is 2.65. The van der Waals surface area contributed by atoms with Crippen LogP contribution in [0.2, 0.25) is 0 Å². The molecule has 1 heterocycles. The van der Waals surface area contributed by atoms with Crippen molar-refractivity contribution in [3.05, 3.63) is 0 Å². The molecule has 0 spiro atoms. The second kappa shape index (κ2) is 8.86. The van der Waals surface area contributed by atoms with Crippen molar-refractivity contribution in [1.29, 1.82) is 0 Å². The average molecular weight is 258 g/mol. The van der Waals surface area contributed by atoms with Crippen molar-refractivity contribution in [1.82, 2.24) is 10.2 Å². The van der Waals surface area contributed by atoms with Gasteiger partial charge >= 0.3 is 0 Å². The average Bonchev–Trinajstić information content (AvgIpc) is 2.38. The molecule has 1 aliphatic heterocycles. The molecular formula is C14H30N2O2. The minimum absolute atomic E-state index is 0.332. The van der Waals surface area contributed by atoms with Gasteiger partial charge in [-0.05, 0) is 26.3 Å². The molecule has 18 heavy (non-hydrogen) atoms. The number of methoxy groups -OCH3 is 1. The van der Waals surface area contributed by atoms with Crippen LogP contribution >= 0.6 is 0 Å². The Hall–Kier alpha value is -0.160. The second-order valence-corrected chi connectivity index (χ2v) is 5.22. The highest BCUT2D eigenvalue weighted by Crippen LogP contribution is 2.17. The summed E-state index contributed by atoms with van der Waals surface area (Å²) in [7, 11) is 1.79. The van der Waals surface area contributed by atoms with Crippen molar-refractivity contribution in [2.24, 2.45) is 0 Å². The van der Waals surface area contributed by atoms with Crippen molar-refractivity contribution < 1.29 is 9.47 Å². The van der Waals surface area contributed by atoms with Gasteiger partial charge < -0.3 is 14.8 Å². The van der Waals surface area contributed by atoms with E-state index in [-0.39, 0.29) is 0 Å². The van der Waals surface area contributed by atoms with Crippen molar-refractivity contribution in [3.63, 3.8) is 0 Å². The van der Waals surface area contributed by atoms with Gasteiger partial charge in [0.15, 0.2) is 0 Å². The molecule has 3 unspecified atom stereocenters. The maximum Gasteiger partial charge on any atom is 0.0674 e. The second-order valence-electron chi connectivity index (χ2n) is 5.22. The van der Waals surface area contributed by atoms with Crippen LogP contribution < -0.4 is 5.32 Å². The molecule has 1 N–H and O–H groups in total. The summed E-state index contributed by atoms with van der Waals surface area (Å²) in [5.74, 6) is 0. The summed E-state index contributed by atoms with van der Waals surface area (Å²) in [5.41, 5.74) is 0. The molecule has 1 fully saturated rings. The van der Waals surface area contributed by atoms with E-state index in [2.05, 4.69) is 31.0 Å². The molecule has 0 bridgehead atoms. The standard InChI is InChI=1S/C14H30N2O2/c1-5-7-15-8-14(10-17-4)16-9-12(3)18-11-13(16)6-2/h12-15H,5-11H2,1-4H3. The van der Waals surface area contributed by atoms with Crippen molar-refractivity contribution >= 4 is 0 Å². The first kappa shape index (κ1) is 15.9. The van der Waals surface area contributed by atoms with Gasteiger partial charge in [-0.1, -0.05) is 13.8 Å². The molecule has 4 heteroatoms. The molecule has 0 saturated carbocycles. The molecule has 1 rings (SSSR count). The zero-order valence-electron chi connectivity index (χ0n) is 12.4. The van der Waals surface area contributed by atoms with Gasteiger partial charge in [-0.3, -0.25) is 4.90 Å². The van der Waals surface area contributed by atoms with Crippen LogP contribution in [0.1, 0.15) is 33.6 Å². The highest BCUT2D eigenvalue weighted by atomic mass is 16.5. The van der Waals surface area contributed by atoms with E-state index >= 15 is 0 Å². The van der Waals surface area contributed by atoms with E-state index in [0.717, 1.165) is 39.3 Å². The molecule has 0 amide bonds. The number of rotatable bonds is 8. The summed E-state index contributed by atoms with van der Waals surface area (Å²) < 4.78 is 11.2. The Bertz CT molecular complexity index is 214. The third-order valence-electron chi connectivity index (χ3n) is 3.62. The van der Waals surface area contributed by atoms with Gasteiger partial charge in [0.1, 0.15) is 0 Å². The van der Waals surface area contributed by atoms with Gasteiger partial charge in [-0.2, -0.15) is 0 Å². The van der Waals surface area contributed by atoms with E-state index in [4.69, 9.17) is 9.47 Å². The number of morpholine rings is 1. The topological polar surface area (TPSA) is 33.7 Å². The monoisotopic (exact) mass is 258 g/mol. The summed E-state index contributed by atoms with van der Waals surface area (Å²) in [5, 5.41) is 3.51. The zero-order valence-corrected chi connectivity index (χ0v) is 12.4. The van der Waals surface area contributed by atoms with Gasteiger partial charge in [-0.25, -0.2) is 0 Å². The Labute approximate surface area is 112 Å². The van der Waals surface area contributed by atoms with E-state index in [1.54, 1.807) is 7.11 Å². The Morgan fingerprint density at radius 3 is 2.83 bits per heavy atom. The molecule has 0 aromatic rings. The molecule has 0 aromatic carbocycles. The molecule has 0 aromatic heterocycles. The van der Waals surface area contributed by atoms with Crippen LogP contribution in [-0.4, -0.2) is 63.0 Å². The lowest BCUT2D eigenvalue weighted by atomic mass is 10.1. The van der Waals surface area contributed by atoms with Crippen molar-refractivity contribution in [2.75, 3.05) is 40.0 Å². The Morgan fingerprint density at radius 1 is 1.44 bits per heavy atom. The van der Waals surface area contributed by atoms with E-state index in [1.807, 2.05) is 0 Å². The van der Waals surface area contributed by atoms with Crippen LogP contribution in [0.3, 0.4) is 0 Å². The van der Waals surface area contributed by atoms with Gasteiger partial charge in [0, 0.05) is 32.3 Å². The maximum absolute atomic E-state index is 5.76. The van der Waals surface area contributed by atoms with Crippen LogP contribution in [0.5, 0.6) is 0 Å². The van der Waals surface area contributed by atoms with Crippen molar-refractivity contribution in [2.45, 2.75) is 51.8 Å². The van der Waals surface area contributed by atoms with Gasteiger partial charge in [0.2, 0.25) is 0 Å². The first-order valence-corrected chi connectivity index (χ1v) is 7.29. The quantitative estimate of drug-likeness (QED) is 0.669. The van der Waals surface area contributed by atoms with E-state index in [9.17, 15) is 0 Å². The lowest BCUT2D eigenvalue weighted by molar-refractivity contribution is -0.0815. The minimum Gasteiger partial charge on any atom is -0.383 e. The fourth-order valence-electron chi connectivity index (χ4n) is 2.58. The number of nitrogens with zero attached hydrogens (tertiary/aromatic N) is 1. The summed E-state index contributed by atoms with van der Waals surface area (Å²) >= 11 is 0. The molecule has 0 radical (unpaired) electrons. The Balaban J connectivity index is 2.55. The SMILES string of the molecule is CCCNCC(COC)N1CC(C)OCC1CC. The van der Waals surface area contributed by atoms with Crippen LogP contribution in [-0.2, 0) is 9.47 Å². The summed E-state index contributed by atoms with van der Waals surface area (Å²) in [6.45, 7) is 11.3.